The molecule has 1 aliphatic heterocycles. The molecule has 1 N–H and O–H groups in total. The third-order valence-corrected chi connectivity index (χ3v) is 3.19. The van der Waals surface area contributed by atoms with Gasteiger partial charge in [-0.15, -0.1) is 0 Å². The van der Waals surface area contributed by atoms with E-state index in [4.69, 9.17) is 14.2 Å². The molecule has 1 aromatic rings. The molecule has 1 aliphatic rings. The molecule has 1 aromatic carbocycles. The lowest BCUT2D eigenvalue weighted by Crippen LogP contribution is -2.34. The normalized spacial score (nSPS) is 17.7. The van der Waals surface area contributed by atoms with Crippen LogP contribution in [0.4, 0.5) is 0 Å². The second-order valence-corrected chi connectivity index (χ2v) is 4.57. The lowest BCUT2D eigenvalue weighted by Gasteiger charge is -2.16. The van der Waals surface area contributed by atoms with Gasteiger partial charge in [-0.05, 0) is 30.2 Å². The lowest BCUT2D eigenvalue weighted by molar-refractivity contribution is -0.117. The average molecular weight is 289 g/mol. The summed E-state index contributed by atoms with van der Waals surface area (Å²) >= 11 is 0. The SMILES string of the molecule is COc1cc(/C=C/C2CC=CC(=O)N2)cc(OC)c1OC. The predicted octanol–water partition coefficient (Wildman–Crippen LogP) is 2.17. The Hall–Kier alpha value is -2.43. The number of hydrogen-bond donors (Lipinski definition) is 1. The summed E-state index contributed by atoms with van der Waals surface area (Å²) in [6, 6.07) is 3.72. The van der Waals surface area contributed by atoms with Crippen molar-refractivity contribution in [2.24, 2.45) is 0 Å². The molecule has 1 unspecified atom stereocenters. The number of rotatable bonds is 5. The lowest BCUT2D eigenvalue weighted by atomic mass is 10.1. The molecule has 21 heavy (non-hydrogen) atoms. The standard InChI is InChI=1S/C16H19NO4/c1-19-13-9-11(10-14(20-2)16(13)21-3)7-8-12-5-4-6-15(18)17-12/h4,6-10,12H,5H2,1-3H3,(H,17,18)/b8-7+. The number of nitrogens with one attached hydrogen (secondary N) is 1. The van der Waals surface area contributed by atoms with Crippen molar-refractivity contribution in [2.75, 3.05) is 21.3 Å². The van der Waals surface area contributed by atoms with Crippen LogP contribution < -0.4 is 19.5 Å². The van der Waals surface area contributed by atoms with E-state index >= 15 is 0 Å². The molecule has 112 valence electrons. The number of carbonyl (C=O) groups excluding carboxylic acids is 1. The Morgan fingerprint density at radius 1 is 1.14 bits per heavy atom. The van der Waals surface area contributed by atoms with Gasteiger partial charge in [0, 0.05) is 0 Å². The fraction of sp³-hybridized carbons (Fsp3) is 0.312. The van der Waals surface area contributed by atoms with E-state index in [1.54, 1.807) is 27.4 Å². The number of ether oxygens (including phenoxy) is 3. The first-order valence-electron chi connectivity index (χ1n) is 6.63. The van der Waals surface area contributed by atoms with Crippen LogP contribution in [0.3, 0.4) is 0 Å². The van der Waals surface area contributed by atoms with Gasteiger partial charge in [0.25, 0.3) is 0 Å². The molecule has 0 aromatic heterocycles. The van der Waals surface area contributed by atoms with Crippen molar-refractivity contribution in [3.8, 4) is 17.2 Å². The Balaban J connectivity index is 2.23. The highest BCUT2D eigenvalue weighted by Gasteiger charge is 2.13. The third kappa shape index (κ3) is 3.56. The molecule has 0 saturated carbocycles. The van der Waals surface area contributed by atoms with Gasteiger partial charge in [-0.3, -0.25) is 4.79 Å². The highest BCUT2D eigenvalue weighted by atomic mass is 16.5. The molecule has 1 amide bonds. The Labute approximate surface area is 124 Å². The topological polar surface area (TPSA) is 56.8 Å². The van der Waals surface area contributed by atoms with Gasteiger partial charge < -0.3 is 19.5 Å². The number of amides is 1. The molecule has 0 saturated heterocycles. The van der Waals surface area contributed by atoms with Crippen LogP contribution in [0.25, 0.3) is 6.08 Å². The van der Waals surface area contributed by atoms with Crippen LogP contribution in [0.1, 0.15) is 12.0 Å². The van der Waals surface area contributed by atoms with Gasteiger partial charge in [-0.25, -0.2) is 0 Å². The summed E-state index contributed by atoms with van der Waals surface area (Å²) in [6.45, 7) is 0. The van der Waals surface area contributed by atoms with Crippen molar-refractivity contribution >= 4 is 12.0 Å². The summed E-state index contributed by atoms with van der Waals surface area (Å²) in [7, 11) is 4.73. The smallest absolute Gasteiger partial charge is 0.244 e. The summed E-state index contributed by atoms with van der Waals surface area (Å²) < 4.78 is 15.9. The first-order chi connectivity index (χ1) is 10.2. The zero-order valence-corrected chi connectivity index (χ0v) is 12.4. The molecule has 5 heteroatoms. The van der Waals surface area contributed by atoms with Gasteiger partial charge in [-0.1, -0.05) is 18.2 Å². The van der Waals surface area contributed by atoms with Gasteiger partial charge in [0.1, 0.15) is 0 Å². The zero-order chi connectivity index (χ0) is 15.2. The van der Waals surface area contributed by atoms with E-state index in [9.17, 15) is 4.79 Å². The van der Waals surface area contributed by atoms with Gasteiger partial charge in [0.15, 0.2) is 11.5 Å². The van der Waals surface area contributed by atoms with E-state index < -0.39 is 0 Å². The highest BCUT2D eigenvalue weighted by molar-refractivity contribution is 5.88. The molecule has 0 aliphatic carbocycles. The number of methoxy groups -OCH3 is 3. The van der Waals surface area contributed by atoms with Crippen LogP contribution in [0, 0.1) is 0 Å². The summed E-state index contributed by atoms with van der Waals surface area (Å²) in [5.41, 5.74) is 0.910. The van der Waals surface area contributed by atoms with Gasteiger partial charge >= 0.3 is 0 Å². The second-order valence-electron chi connectivity index (χ2n) is 4.57. The first kappa shape index (κ1) is 15.0. The van der Waals surface area contributed by atoms with Crippen LogP contribution in [-0.2, 0) is 4.79 Å². The van der Waals surface area contributed by atoms with E-state index in [0.29, 0.717) is 17.2 Å². The minimum absolute atomic E-state index is 0.00147. The highest BCUT2D eigenvalue weighted by Crippen LogP contribution is 2.38. The Morgan fingerprint density at radius 3 is 2.33 bits per heavy atom. The molecular formula is C16H19NO4. The molecule has 0 bridgehead atoms. The number of benzene rings is 1. The van der Waals surface area contributed by atoms with Crippen molar-refractivity contribution in [1.82, 2.24) is 5.32 Å². The molecule has 1 heterocycles. The van der Waals surface area contributed by atoms with Crippen molar-refractivity contribution in [3.63, 3.8) is 0 Å². The van der Waals surface area contributed by atoms with Crippen LogP contribution in [0.15, 0.2) is 30.4 Å². The summed E-state index contributed by atoms with van der Waals surface area (Å²) in [4.78, 5) is 11.3. The average Bonchev–Trinajstić information content (AvgIpc) is 2.51. The van der Waals surface area contributed by atoms with E-state index in [-0.39, 0.29) is 11.9 Å². The molecule has 0 radical (unpaired) electrons. The maximum absolute atomic E-state index is 11.3. The molecule has 0 spiro atoms. The van der Waals surface area contributed by atoms with E-state index in [0.717, 1.165) is 12.0 Å². The van der Waals surface area contributed by atoms with Crippen LogP contribution in [0.2, 0.25) is 0 Å². The minimum Gasteiger partial charge on any atom is -0.493 e. The summed E-state index contributed by atoms with van der Waals surface area (Å²) in [5.74, 6) is 1.69. The van der Waals surface area contributed by atoms with Crippen LogP contribution in [-0.4, -0.2) is 33.3 Å². The molecular weight excluding hydrogens is 270 g/mol. The Kier molecular flexibility index (Phi) is 4.87. The molecule has 1 atom stereocenters. The largest absolute Gasteiger partial charge is 0.493 e. The van der Waals surface area contributed by atoms with E-state index in [1.165, 1.54) is 0 Å². The first-order valence-corrected chi connectivity index (χ1v) is 6.63. The maximum Gasteiger partial charge on any atom is 0.244 e. The summed E-state index contributed by atoms with van der Waals surface area (Å²) in [6.07, 6.45) is 8.07. The molecule has 2 rings (SSSR count). The van der Waals surface area contributed by atoms with Crippen molar-refractivity contribution in [1.29, 1.82) is 0 Å². The fourth-order valence-electron chi connectivity index (χ4n) is 2.16. The van der Waals surface area contributed by atoms with Gasteiger partial charge in [-0.2, -0.15) is 0 Å². The quantitative estimate of drug-likeness (QED) is 0.902. The zero-order valence-electron chi connectivity index (χ0n) is 12.4. The van der Waals surface area contributed by atoms with Crippen molar-refractivity contribution in [2.45, 2.75) is 12.5 Å². The third-order valence-electron chi connectivity index (χ3n) is 3.19. The Bertz CT molecular complexity index is 553. The molecule has 0 fully saturated rings. The molecule has 5 nitrogen and oxygen atoms in total. The van der Waals surface area contributed by atoms with Gasteiger partial charge in [0.05, 0.1) is 27.4 Å². The van der Waals surface area contributed by atoms with E-state index in [1.807, 2.05) is 30.4 Å². The minimum atomic E-state index is -0.0687. The Morgan fingerprint density at radius 2 is 1.81 bits per heavy atom. The van der Waals surface area contributed by atoms with Crippen LogP contribution in [0.5, 0.6) is 17.2 Å². The maximum atomic E-state index is 11.3. The monoisotopic (exact) mass is 289 g/mol. The van der Waals surface area contributed by atoms with Crippen LogP contribution >= 0.6 is 0 Å². The number of hydrogen-bond acceptors (Lipinski definition) is 4. The van der Waals surface area contributed by atoms with Crippen molar-refractivity contribution < 1.29 is 19.0 Å². The number of carbonyl (C=O) groups is 1. The predicted molar refractivity (Wildman–Crippen MR) is 80.8 cm³/mol. The van der Waals surface area contributed by atoms with Gasteiger partial charge in [0.2, 0.25) is 11.7 Å². The van der Waals surface area contributed by atoms with E-state index in [2.05, 4.69) is 5.32 Å². The van der Waals surface area contributed by atoms with Crippen molar-refractivity contribution in [3.05, 3.63) is 35.9 Å². The summed E-state index contributed by atoms with van der Waals surface area (Å²) in [5, 5.41) is 2.87. The second kappa shape index (κ2) is 6.83. The fourth-order valence-corrected chi connectivity index (χ4v) is 2.16.